The zero-order chi connectivity index (χ0) is 13.9. The van der Waals surface area contributed by atoms with Gasteiger partial charge in [-0.3, -0.25) is 20.2 Å². The molecule has 0 atom stereocenters. The van der Waals surface area contributed by atoms with Gasteiger partial charge in [0.05, 0.1) is 17.6 Å². The van der Waals surface area contributed by atoms with Gasteiger partial charge in [0.2, 0.25) is 11.9 Å². The summed E-state index contributed by atoms with van der Waals surface area (Å²) < 4.78 is 0. The molecule has 0 saturated carbocycles. The van der Waals surface area contributed by atoms with Crippen LogP contribution in [0.4, 0.5) is 5.95 Å². The first-order valence-electron chi connectivity index (χ1n) is 6.24. The van der Waals surface area contributed by atoms with Crippen molar-refractivity contribution in [2.24, 2.45) is 0 Å². The van der Waals surface area contributed by atoms with E-state index in [0.29, 0.717) is 11.5 Å². The number of hydrogen-bond donors (Lipinski definition) is 2. The van der Waals surface area contributed by atoms with Crippen LogP contribution in [0.5, 0.6) is 0 Å². The Labute approximate surface area is 115 Å². The molecule has 0 radical (unpaired) electrons. The van der Waals surface area contributed by atoms with Crippen molar-refractivity contribution < 1.29 is 4.79 Å². The van der Waals surface area contributed by atoms with Crippen LogP contribution in [0.1, 0.15) is 11.5 Å². The Balaban J connectivity index is 1.73. The molecule has 6 nitrogen and oxygen atoms in total. The van der Waals surface area contributed by atoms with Crippen LogP contribution in [0.25, 0.3) is 10.9 Å². The van der Waals surface area contributed by atoms with Crippen LogP contribution in [0, 0.1) is 6.92 Å². The number of aryl methyl sites for hydroxylation is 1. The van der Waals surface area contributed by atoms with Gasteiger partial charge in [-0.1, -0.05) is 24.3 Å². The first-order valence-corrected chi connectivity index (χ1v) is 6.24. The second kappa shape index (κ2) is 5.08. The molecule has 2 aromatic heterocycles. The van der Waals surface area contributed by atoms with Crippen molar-refractivity contribution in [2.75, 3.05) is 5.32 Å². The Kier molecular flexibility index (Phi) is 3.12. The van der Waals surface area contributed by atoms with E-state index in [4.69, 9.17) is 0 Å². The average Bonchev–Trinajstić information content (AvgIpc) is 2.83. The number of aromatic nitrogens is 4. The Morgan fingerprint density at radius 3 is 2.85 bits per heavy atom. The Hall–Kier alpha value is -2.76. The first-order chi connectivity index (χ1) is 9.70. The van der Waals surface area contributed by atoms with Gasteiger partial charge in [-0.25, -0.2) is 0 Å². The molecule has 1 amide bonds. The van der Waals surface area contributed by atoms with E-state index in [1.54, 1.807) is 6.92 Å². The normalized spacial score (nSPS) is 10.7. The maximum absolute atomic E-state index is 11.9. The standard InChI is InChI=1S/C14H13N5O/c1-9-15-14(19-18-9)17-13(20)8-11-7-6-10-4-2-3-5-12(10)16-11/h2-7H,8H2,1H3,(H2,15,17,18,19,20). The number of carbonyl (C=O) groups excluding carboxylic acids is 1. The van der Waals surface area contributed by atoms with E-state index in [0.717, 1.165) is 10.9 Å². The average molecular weight is 267 g/mol. The van der Waals surface area contributed by atoms with Crippen molar-refractivity contribution in [2.45, 2.75) is 13.3 Å². The highest BCUT2D eigenvalue weighted by atomic mass is 16.1. The van der Waals surface area contributed by atoms with E-state index in [9.17, 15) is 4.79 Å². The minimum atomic E-state index is -0.188. The molecule has 1 aromatic carbocycles. The summed E-state index contributed by atoms with van der Waals surface area (Å²) in [4.78, 5) is 20.4. The monoisotopic (exact) mass is 267 g/mol. The summed E-state index contributed by atoms with van der Waals surface area (Å²) in [5.41, 5.74) is 1.60. The molecular weight excluding hydrogens is 254 g/mol. The summed E-state index contributed by atoms with van der Waals surface area (Å²) in [5.74, 6) is 0.754. The number of carbonyl (C=O) groups is 1. The van der Waals surface area contributed by atoms with Gasteiger partial charge in [0.25, 0.3) is 0 Å². The number of pyridine rings is 1. The fourth-order valence-electron chi connectivity index (χ4n) is 1.94. The number of rotatable bonds is 3. The molecule has 0 fully saturated rings. The van der Waals surface area contributed by atoms with E-state index < -0.39 is 0 Å². The lowest BCUT2D eigenvalue weighted by atomic mass is 10.2. The predicted molar refractivity (Wildman–Crippen MR) is 75.2 cm³/mol. The number of benzene rings is 1. The van der Waals surface area contributed by atoms with Gasteiger partial charge in [-0.2, -0.15) is 4.98 Å². The third-order valence-electron chi connectivity index (χ3n) is 2.85. The summed E-state index contributed by atoms with van der Waals surface area (Å²) in [5, 5.41) is 10.2. The van der Waals surface area contributed by atoms with Crippen molar-refractivity contribution >= 4 is 22.8 Å². The van der Waals surface area contributed by atoms with Gasteiger partial charge in [0.1, 0.15) is 5.82 Å². The second-order valence-electron chi connectivity index (χ2n) is 4.46. The Morgan fingerprint density at radius 1 is 1.20 bits per heavy atom. The zero-order valence-corrected chi connectivity index (χ0v) is 10.9. The van der Waals surface area contributed by atoms with E-state index >= 15 is 0 Å². The molecule has 3 rings (SSSR count). The van der Waals surface area contributed by atoms with E-state index in [-0.39, 0.29) is 18.3 Å². The first kappa shape index (κ1) is 12.3. The van der Waals surface area contributed by atoms with Gasteiger partial charge in [-0.15, -0.1) is 5.10 Å². The van der Waals surface area contributed by atoms with Crippen LogP contribution >= 0.6 is 0 Å². The number of hydrogen-bond acceptors (Lipinski definition) is 4. The molecule has 0 unspecified atom stereocenters. The fraction of sp³-hybridized carbons (Fsp3) is 0.143. The summed E-state index contributed by atoms with van der Waals surface area (Å²) >= 11 is 0. The number of para-hydroxylation sites is 1. The molecule has 20 heavy (non-hydrogen) atoms. The van der Waals surface area contributed by atoms with Gasteiger partial charge in [0.15, 0.2) is 0 Å². The molecule has 0 aliphatic carbocycles. The fourth-order valence-corrected chi connectivity index (χ4v) is 1.94. The van der Waals surface area contributed by atoms with E-state index in [2.05, 4.69) is 25.5 Å². The van der Waals surface area contributed by atoms with E-state index in [1.807, 2.05) is 36.4 Å². The minimum Gasteiger partial charge on any atom is -0.293 e. The predicted octanol–water partition coefficient (Wildman–Crippen LogP) is 1.84. The number of aromatic amines is 1. The highest BCUT2D eigenvalue weighted by Gasteiger charge is 2.08. The summed E-state index contributed by atoms with van der Waals surface area (Å²) in [7, 11) is 0. The zero-order valence-electron chi connectivity index (χ0n) is 10.9. The lowest BCUT2D eigenvalue weighted by Gasteiger charge is -2.03. The molecule has 2 heterocycles. The molecule has 0 aliphatic heterocycles. The largest absolute Gasteiger partial charge is 0.293 e. The summed E-state index contributed by atoms with van der Waals surface area (Å²) in [6, 6.07) is 11.6. The number of amides is 1. The van der Waals surface area contributed by atoms with Crippen molar-refractivity contribution in [3.8, 4) is 0 Å². The molecule has 0 spiro atoms. The third kappa shape index (κ3) is 2.64. The molecule has 3 aromatic rings. The maximum Gasteiger partial charge on any atom is 0.248 e. The van der Waals surface area contributed by atoms with Crippen molar-refractivity contribution in [1.29, 1.82) is 0 Å². The highest BCUT2D eigenvalue weighted by Crippen LogP contribution is 2.12. The van der Waals surface area contributed by atoms with Crippen LogP contribution in [-0.2, 0) is 11.2 Å². The van der Waals surface area contributed by atoms with Crippen LogP contribution in [0.15, 0.2) is 36.4 Å². The van der Waals surface area contributed by atoms with Gasteiger partial charge < -0.3 is 0 Å². The van der Waals surface area contributed by atoms with Crippen LogP contribution in [0.2, 0.25) is 0 Å². The van der Waals surface area contributed by atoms with Crippen LogP contribution < -0.4 is 5.32 Å². The molecule has 100 valence electrons. The summed E-state index contributed by atoms with van der Waals surface area (Å²) in [6.07, 6.45) is 0.193. The lowest BCUT2D eigenvalue weighted by molar-refractivity contribution is -0.115. The van der Waals surface area contributed by atoms with E-state index in [1.165, 1.54) is 0 Å². The molecule has 0 aliphatic rings. The lowest BCUT2D eigenvalue weighted by Crippen LogP contribution is -2.16. The van der Waals surface area contributed by atoms with Gasteiger partial charge in [0, 0.05) is 5.39 Å². The van der Waals surface area contributed by atoms with Crippen LogP contribution in [-0.4, -0.2) is 26.1 Å². The number of H-pyrrole nitrogens is 1. The smallest absolute Gasteiger partial charge is 0.248 e. The number of nitrogens with zero attached hydrogens (tertiary/aromatic N) is 3. The maximum atomic E-state index is 11.9. The number of fused-ring (bicyclic) bond motifs is 1. The quantitative estimate of drug-likeness (QED) is 0.758. The molecule has 6 heteroatoms. The Morgan fingerprint density at radius 2 is 2.05 bits per heavy atom. The third-order valence-corrected chi connectivity index (χ3v) is 2.85. The Bertz CT molecular complexity index is 765. The number of anilines is 1. The molecule has 0 saturated heterocycles. The van der Waals surface area contributed by atoms with Crippen molar-refractivity contribution in [3.05, 3.63) is 47.9 Å². The highest BCUT2D eigenvalue weighted by molar-refractivity contribution is 5.90. The molecular formula is C14H13N5O. The molecule has 0 bridgehead atoms. The molecule has 2 N–H and O–H groups in total. The number of nitrogens with one attached hydrogen (secondary N) is 2. The SMILES string of the molecule is Cc1nc(NC(=O)Cc2ccc3ccccc3n2)n[nH]1. The van der Waals surface area contributed by atoms with Gasteiger partial charge >= 0.3 is 0 Å². The minimum absolute atomic E-state index is 0.188. The topological polar surface area (TPSA) is 83.6 Å². The summed E-state index contributed by atoms with van der Waals surface area (Å²) in [6.45, 7) is 1.77. The van der Waals surface area contributed by atoms with Crippen LogP contribution in [0.3, 0.4) is 0 Å². The van der Waals surface area contributed by atoms with Crippen molar-refractivity contribution in [3.63, 3.8) is 0 Å². The van der Waals surface area contributed by atoms with Gasteiger partial charge in [-0.05, 0) is 19.1 Å². The van der Waals surface area contributed by atoms with Crippen molar-refractivity contribution in [1.82, 2.24) is 20.2 Å². The second-order valence-corrected chi connectivity index (χ2v) is 4.46.